The SMILES string of the molecule is CCCCC1C(c2ccc(S(C)(=O)=O)cc2)=NN(c2ccc(F)cc2F)C1(C)C(=O)NCCCC(C)(C)CO. The van der Waals surface area contributed by atoms with Crippen LogP contribution in [0.2, 0.25) is 0 Å². The molecule has 0 spiro atoms. The number of rotatable bonds is 12. The summed E-state index contributed by atoms with van der Waals surface area (Å²) in [6.45, 7) is 8.03. The van der Waals surface area contributed by atoms with Crippen LogP contribution in [0.25, 0.3) is 0 Å². The smallest absolute Gasteiger partial charge is 0.248 e. The molecule has 2 unspecified atom stereocenters. The van der Waals surface area contributed by atoms with E-state index in [0.717, 1.165) is 31.2 Å². The van der Waals surface area contributed by atoms with Gasteiger partial charge in [-0.15, -0.1) is 0 Å². The van der Waals surface area contributed by atoms with Crippen LogP contribution in [0.3, 0.4) is 0 Å². The zero-order valence-electron chi connectivity index (χ0n) is 23.3. The van der Waals surface area contributed by atoms with Gasteiger partial charge in [0.2, 0.25) is 5.91 Å². The van der Waals surface area contributed by atoms with Gasteiger partial charge >= 0.3 is 0 Å². The third-order valence-electron chi connectivity index (χ3n) is 7.42. The topological polar surface area (TPSA) is 99.1 Å². The van der Waals surface area contributed by atoms with Crippen LogP contribution in [-0.2, 0) is 14.6 Å². The molecule has 2 aromatic rings. The lowest BCUT2D eigenvalue weighted by molar-refractivity contribution is -0.126. The van der Waals surface area contributed by atoms with Gasteiger partial charge in [-0.3, -0.25) is 4.79 Å². The molecule has 2 aromatic carbocycles. The number of aliphatic hydroxyl groups is 1. The number of nitrogens with zero attached hydrogens (tertiary/aromatic N) is 2. The lowest BCUT2D eigenvalue weighted by atomic mass is 9.77. The Morgan fingerprint density at radius 2 is 1.82 bits per heavy atom. The van der Waals surface area contributed by atoms with Crippen LogP contribution < -0.4 is 10.3 Å². The molecule has 2 atom stereocenters. The van der Waals surface area contributed by atoms with Gasteiger partial charge in [-0.25, -0.2) is 22.2 Å². The molecule has 0 aromatic heterocycles. The van der Waals surface area contributed by atoms with Crippen molar-refractivity contribution >= 4 is 27.1 Å². The number of nitrogens with one attached hydrogen (secondary N) is 1. The first-order chi connectivity index (χ1) is 18.2. The molecule has 0 bridgehead atoms. The molecular weight excluding hydrogens is 524 g/mol. The number of hydrogen-bond acceptors (Lipinski definition) is 6. The minimum Gasteiger partial charge on any atom is -0.396 e. The molecule has 10 heteroatoms. The first-order valence-corrected chi connectivity index (χ1v) is 15.2. The Morgan fingerprint density at radius 1 is 1.15 bits per heavy atom. The molecule has 0 saturated heterocycles. The van der Waals surface area contributed by atoms with Crippen LogP contribution in [0.5, 0.6) is 0 Å². The fraction of sp³-hybridized carbons (Fsp3) is 0.517. The second-order valence-electron chi connectivity index (χ2n) is 11.2. The molecule has 7 nitrogen and oxygen atoms in total. The van der Waals surface area contributed by atoms with Crippen LogP contribution >= 0.6 is 0 Å². The second kappa shape index (κ2) is 12.1. The number of benzene rings is 2. The van der Waals surface area contributed by atoms with Crippen molar-refractivity contribution in [3.63, 3.8) is 0 Å². The van der Waals surface area contributed by atoms with E-state index in [2.05, 4.69) is 5.32 Å². The van der Waals surface area contributed by atoms with Gasteiger partial charge in [0.15, 0.2) is 15.7 Å². The number of hydrazone groups is 1. The van der Waals surface area contributed by atoms with Crippen LogP contribution in [-0.4, -0.2) is 50.1 Å². The lowest BCUT2D eigenvalue weighted by Gasteiger charge is -2.38. The number of amides is 1. The zero-order valence-corrected chi connectivity index (χ0v) is 24.1. The Morgan fingerprint density at radius 3 is 2.38 bits per heavy atom. The molecule has 0 saturated carbocycles. The van der Waals surface area contributed by atoms with Crippen LogP contribution in [0.4, 0.5) is 14.5 Å². The van der Waals surface area contributed by atoms with Gasteiger partial charge in [0.05, 0.1) is 16.3 Å². The van der Waals surface area contributed by atoms with Crippen molar-refractivity contribution in [2.75, 3.05) is 24.4 Å². The van der Waals surface area contributed by atoms with Gasteiger partial charge in [-0.2, -0.15) is 5.10 Å². The summed E-state index contributed by atoms with van der Waals surface area (Å²) in [5, 5.41) is 18.6. The Kier molecular flexibility index (Phi) is 9.54. The van der Waals surface area contributed by atoms with Gasteiger partial charge in [0, 0.05) is 31.4 Å². The molecule has 1 heterocycles. The van der Waals surface area contributed by atoms with Crippen molar-refractivity contribution in [3.8, 4) is 0 Å². The molecule has 1 aliphatic heterocycles. The number of anilines is 1. The van der Waals surface area contributed by atoms with E-state index in [1.807, 2.05) is 20.8 Å². The largest absolute Gasteiger partial charge is 0.396 e. The number of unbranched alkanes of at least 4 members (excludes halogenated alkanes) is 1. The minimum absolute atomic E-state index is 0.0280. The number of aliphatic hydroxyl groups excluding tert-OH is 1. The molecule has 1 amide bonds. The monoisotopic (exact) mass is 563 g/mol. The highest BCUT2D eigenvalue weighted by Gasteiger charge is 2.54. The molecule has 0 aliphatic carbocycles. The van der Waals surface area contributed by atoms with Gasteiger partial charge in [0.1, 0.15) is 11.4 Å². The first-order valence-electron chi connectivity index (χ1n) is 13.3. The van der Waals surface area contributed by atoms with Gasteiger partial charge < -0.3 is 10.4 Å². The number of hydrogen-bond donors (Lipinski definition) is 2. The normalized spacial score (nSPS) is 19.7. The summed E-state index contributed by atoms with van der Waals surface area (Å²) in [6, 6.07) is 9.44. The van der Waals surface area contributed by atoms with E-state index in [0.29, 0.717) is 37.1 Å². The van der Waals surface area contributed by atoms with Gasteiger partial charge in [-0.05, 0) is 61.4 Å². The molecule has 2 N–H and O–H groups in total. The zero-order chi connectivity index (χ0) is 29.0. The number of halogens is 2. The maximum absolute atomic E-state index is 15.1. The summed E-state index contributed by atoms with van der Waals surface area (Å²) in [5.41, 5.74) is -0.489. The highest BCUT2D eigenvalue weighted by molar-refractivity contribution is 7.90. The van der Waals surface area contributed by atoms with E-state index in [1.165, 1.54) is 23.2 Å². The fourth-order valence-electron chi connectivity index (χ4n) is 4.89. The quantitative estimate of drug-likeness (QED) is 0.351. The maximum atomic E-state index is 15.1. The molecule has 3 rings (SSSR count). The fourth-order valence-corrected chi connectivity index (χ4v) is 5.52. The third kappa shape index (κ3) is 6.84. The average molecular weight is 564 g/mol. The van der Waals surface area contributed by atoms with E-state index < -0.39 is 32.9 Å². The predicted molar refractivity (Wildman–Crippen MR) is 149 cm³/mol. The molecule has 0 fully saturated rings. The summed E-state index contributed by atoms with van der Waals surface area (Å²) in [5.74, 6) is -2.39. The van der Waals surface area contributed by atoms with Crippen molar-refractivity contribution < 1.29 is 27.1 Å². The predicted octanol–water partition coefficient (Wildman–Crippen LogP) is 5.07. The summed E-state index contributed by atoms with van der Waals surface area (Å²) < 4.78 is 52.9. The number of carbonyl (C=O) groups is 1. The third-order valence-corrected chi connectivity index (χ3v) is 8.55. The molecule has 214 valence electrons. The average Bonchev–Trinajstić information content (AvgIpc) is 3.17. The van der Waals surface area contributed by atoms with Crippen LogP contribution in [0, 0.1) is 23.0 Å². The molecule has 0 radical (unpaired) electrons. The summed E-state index contributed by atoms with van der Waals surface area (Å²) in [6.07, 6.45) is 4.67. The summed E-state index contributed by atoms with van der Waals surface area (Å²) in [7, 11) is -3.41. The Labute approximate surface area is 230 Å². The maximum Gasteiger partial charge on any atom is 0.248 e. The Hall–Kier alpha value is -2.85. The Balaban J connectivity index is 2.06. The van der Waals surface area contributed by atoms with Crippen molar-refractivity contribution in [3.05, 3.63) is 59.7 Å². The summed E-state index contributed by atoms with van der Waals surface area (Å²) >= 11 is 0. The standard InChI is InChI=1S/C29H39F2N3O4S/c1-6-7-9-23-26(20-10-13-22(14-11-20)39(5,37)38)33-34(25-15-12-21(30)18-24(25)31)29(23,4)27(36)32-17-8-16-28(2,3)19-35/h10-15,18,23,35H,6-9,16-17,19H2,1-5H3,(H,32,36). The first kappa shape index (κ1) is 30.7. The number of carbonyl (C=O) groups excluding carboxylic acids is 1. The van der Waals surface area contributed by atoms with E-state index in [-0.39, 0.29) is 28.5 Å². The van der Waals surface area contributed by atoms with Crippen molar-refractivity contribution in [2.24, 2.45) is 16.4 Å². The minimum atomic E-state index is -3.41. The van der Waals surface area contributed by atoms with E-state index in [1.54, 1.807) is 19.1 Å². The van der Waals surface area contributed by atoms with Gasteiger partial charge in [-0.1, -0.05) is 45.7 Å². The highest BCUT2D eigenvalue weighted by atomic mass is 32.2. The van der Waals surface area contributed by atoms with Crippen molar-refractivity contribution in [2.45, 2.75) is 70.2 Å². The molecule has 1 aliphatic rings. The van der Waals surface area contributed by atoms with E-state index in [4.69, 9.17) is 5.10 Å². The van der Waals surface area contributed by atoms with Crippen LogP contribution in [0.1, 0.15) is 65.4 Å². The highest BCUT2D eigenvalue weighted by Crippen LogP contribution is 2.42. The van der Waals surface area contributed by atoms with E-state index in [9.17, 15) is 22.7 Å². The molecular formula is C29H39F2N3O4S. The van der Waals surface area contributed by atoms with Gasteiger partial charge in [0.25, 0.3) is 0 Å². The van der Waals surface area contributed by atoms with Crippen molar-refractivity contribution in [1.29, 1.82) is 0 Å². The van der Waals surface area contributed by atoms with Crippen molar-refractivity contribution in [1.82, 2.24) is 5.32 Å². The Bertz CT molecular complexity index is 1310. The second-order valence-corrected chi connectivity index (χ2v) is 13.2. The lowest BCUT2D eigenvalue weighted by Crippen LogP contribution is -2.58. The molecule has 39 heavy (non-hydrogen) atoms. The number of sulfone groups is 1. The van der Waals surface area contributed by atoms with E-state index >= 15 is 4.39 Å². The van der Waals surface area contributed by atoms with Crippen LogP contribution in [0.15, 0.2) is 52.5 Å². The summed E-state index contributed by atoms with van der Waals surface area (Å²) in [4.78, 5) is 14.1.